The minimum absolute atomic E-state index is 0.0394. The molecule has 1 unspecified atom stereocenters. The number of carbonyl (C=O) groups is 1. The third-order valence-electron chi connectivity index (χ3n) is 4.29. The summed E-state index contributed by atoms with van der Waals surface area (Å²) in [5.41, 5.74) is 7.70. The van der Waals surface area contributed by atoms with Crippen LogP contribution in [0.4, 0.5) is 5.69 Å². The quantitative estimate of drug-likeness (QED) is 0.491. The largest absolute Gasteiger partial charge is 0.319 e. The lowest BCUT2D eigenvalue weighted by Gasteiger charge is -2.21. The topological polar surface area (TPSA) is 110 Å². The van der Waals surface area contributed by atoms with E-state index in [1.54, 1.807) is 54.6 Å². The van der Waals surface area contributed by atoms with Crippen LogP contribution in [0.2, 0.25) is 0 Å². The van der Waals surface area contributed by atoms with Gasteiger partial charge in [-0.2, -0.15) is 0 Å². The van der Waals surface area contributed by atoms with Crippen molar-refractivity contribution >= 4 is 17.2 Å². The van der Waals surface area contributed by atoms with Gasteiger partial charge in [-0.25, -0.2) is 0 Å². The number of allylic oxidation sites excluding steroid dienone is 2. The second-order valence-corrected chi connectivity index (χ2v) is 5.95. The first-order chi connectivity index (χ1) is 12.5. The molecule has 1 aliphatic rings. The molecular formula is C20H17N3O3. The van der Waals surface area contributed by atoms with Crippen molar-refractivity contribution in [2.24, 2.45) is 5.73 Å². The van der Waals surface area contributed by atoms with Gasteiger partial charge in [0, 0.05) is 29.2 Å². The molecule has 3 N–H and O–H groups in total. The first kappa shape index (κ1) is 17.4. The molecule has 130 valence electrons. The lowest BCUT2D eigenvalue weighted by atomic mass is 9.85. The van der Waals surface area contributed by atoms with Crippen LogP contribution < -0.4 is 5.73 Å². The van der Waals surface area contributed by atoms with Crippen molar-refractivity contribution in [3.8, 4) is 0 Å². The summed E-state index contributed by atoms with van der Waals surface area (Å²) in [7, 11) is 0. The zero-order valence-electron chi connectivity index (χ0n) is 13.9. The van der Waals surface area contributed by atoms with Crippen LogP contribution in [0.25, 0.3) is 0 Å². The number of hydrogen-bond donors (Lipinski definition) is 2. The fourth-order valence-corrected chi connectivity index (χ4v) is 2.92. The smallest absolute Gasteiger partial charge is 0.272 e. The summed E-state index contributed by atoms with van der Waals surface area (Å²) in [6.07, 6.45) is 3.31. The predicted molar refractivity (Wildman–Crippen MR) is 99.4 cm³/mol. The summed E-state index contributed by atoms with van der Waals surface area (Å²) in [4.78, 5) is 23.7. The van der Waals surface area contributed by atoms with Gasteiger partial charge in [0.15, 0.2) is 5.78 Å². The van der Waals surface area contributed by atoms with Gasteiger partial charge in [-0.15, -0.1) is 0 Å². The Kier molecular flexibility index (Phi) is 4.86. The highest BCUT2D eigenvalue weighted by Gasteiger charge is 2.26. The van der Waals surface area contributed by atoms with Crippen LogP contribution in [0.1, 0.15) is 15.9 Å². The summed E-state index contributed by atoms with van der Waals surface area (Å²) in [6, 6.07) is 14.4. The molecule has 0 amide bonds. The maximum Gasteiger partial charge on any atom is 0.272 e. The Morgan fingerprint density at radius 3 is 2.46 bits per heavy atom. The number of benzene rings is 2. The minimum Gasteiger partial charge on any atom is -0.319 e. The highest BCUT2D eigenvalue weighted by Crippen LogP contribution is 2.27. The number of nitrogens with zero attached hydrogens (tertiary/aromatic N) is 1. The van der Waals surface area contributed by atoms with Gasteiger partial charge in [-0.05, 0) is 5.57 Å². The number of Topliss-reactive ketones (excluding diaryl/α,β-unsaturated/α-hetero) is 1. The van der Waals surface area contributed by atoms with E-state index in [0.29, 0.717) is 22.3 Å². The van der Waals surface area contributed by atoms with E-state index >= 15 is 0 Å². The molecule has 0 aromatic heterocycles. The number of carbonyl (C=O) groups excluding carboxylic acids is 1. The molecule has 1 aliphatic carbocycles. The molecule has 0 saturated heterocycles. The minimum atomic E-state index is -0.639. The number of nitro groups is 1. The Morgan fingerprint density at radius 1 is 1.12 bits per heavy atom. The number of para-hydroxylation sites is 1. The number of nitro benzene ring substituents is 1. The van der Waals surface area contributed by atoms with Gasteiger partial charge in [-0.3, -0.25) is 14.9 Å². The molecule has 3 rings (SSSR count). The van der Waals surface area contributed by atoms with Crippen LogP contribution in [0.5, 0.6) is 0 Å². The SMILES string of the molecule is N=C1C(Cc2ccccc2[N+](=O)[O-])=C(C(=O)c2ccccc2)C=CC1N. The molecule has 0 bridgehead atoms. The summed E-state index contributed by atoms with van der Waals surface area (Å²) in [5, 5.41) is 19.6. The molecule has 6 nitrogen and oxygen atoms in total. The number of ketones is 1. The van der Waals surface area contributed by atoms with E-state index in [1.807, 2.05) is 6.07 Å². The fourth-order valence-electron chi connectivity index (χ4n) is 2.92. The molecule has 0 radical (unpaired) electrons. The predicted octanol–water partition coefficient (Wildman–Crippen LogP) is 3.23. The third-order valence-corrected chi connectivity index (χ3v) is 4.29. The second-order valence-electron chi connectivity index (χ2n) is 5.95. The molecule has 2 aromatic rings. The molecule has 6 heteroatoms. The molecular weight excluding hydrogens is 330 g/mol. The Morgan fingerprint density at radius 2 is 1.77 bits per heavy atom. The van der Waals surface area contributed by atoms with Crippen LogP contribution in [-0.4, -0.2) is 22.5 Å². The second kappa shape index (κ2) is 7.25. The van der Waals surface area contributed by atoms with E-state index in [2.05, 4.69) is 0 Å². The normalized spacial score (nSPS) is 16.7. The lowest BCUT2D eigenvalue weighted by Crippen LogP contribution is -2.33. The van der Waals surface area contributed by atoms with Crippen molar-refractivity contribution in [1.82, 2.24) is 0 Å². The van der Waals surface area contributed by atoms with E-state index in [0.717, 1.165) is 0 Å². The maximum absolute atomic E-state index is 12.9. The number of hydrogen-bond acceptors (Lipinski definition) is 5. The Hall–Kier alpha value is -3.38. The summed E-state index contributed by atoms with van der Waals surface area (Å²) in [5.74, 6) is -0.230. The van der Waals surface area contributed by atoms with E-state index in [-0.39, 0.29) is 23.6 Å². The summed E-state index contributed by atoms with van der Waals surface area (Å²) < 4.78 is 0. The van der Waals surface area contributed by atoms with Gasteiger partial charge in [-0.1, -0.05) is 60.7 Å². The van der Waals surface area contributed by atoms with E-state index in [1.165, 1.54) is 6.07 Å². The monoisotopic (exact) mass is 347 g/mol. The van der Waals surface area contributed by atoms with Crippen LogP contribution in [0.15, 0.2) is 77.9 Å². The van der Waals surface area contributed by atoms with Crippen molar-refractivity contribution in [3.63, 3.8) is 0 Å². The number of rotatable bonds is 5. The molecule has 0 fully saturated rings. The Bertz CT molecular complexity index is 946. The Labute approximate surface area is 150 Å². The lowest BCUT2D eigenvalue weighted by molar-refractivity contribution is -0.385. The number of nitrogens with two attached hydrogens (primary N) is 1. The van der Waals surface area contributed by atoms with Crippen LogP contribution in [0.3, 0.4) is 0 Å². The van der Waals surface area contributed by atoms with Gasteiger partial charge < -0.3 is 11.1 Å². The van der Waals surface area contributed by atoms with E-state index < -0.39 is 11.0 Å². The van der Waals surface area contributed by atoms with Crippen molar-refractivity contribution in [2.45, 2.75) is 12.5 Å². The zero-order valence-corrected chi connectivity index (χ0v) is 13.9. The van der Waals surface area contributed by atoms with Crippen molar-refractivity contribution < 1.29 is 9.72 Å². The first-order valence-electron chi connectivity index (χ1n) is 8.07. The average molecular weight is 347 g/mol. The zero-order chi connectivity index (χ0) is 18.7. The van der Waals surface area contributed by atoms with E-state index in [4.69, 9.17) is 11.1 Å². The van der Waals surface area contributed by atoms with Gasteiger partial charge in [0.05, 0.1) is 16.7 Å². The number of nitrogens with one attached hydrogen (secondary N) is 1. The van der Waals surface area contributed by atoms with Gasteiger partial charge in [0.25, 0.3) is 5.69 Å². The highest BCUT2D eigenvalue weighted by atomic mass is 16.6. The van der Waals surface area contributed by atoms with Crippen molar-refractivity contribution in [3.05, 3.63) is 99.1 Å². The fraction of sp³-hybridized carbons (Fsp3) is 0.100. The van der Waals surface area contributed by atoms with Crippen molar-refractivity contribution in [1.29, 1.82) is 5.41 Å². The maximum atomic E-state index is 12.9. The van der Waals surface area contributed by atoms with Crippen LogP contribution in [-0.2, 0) is 6.42 Å². The summed E-state index contributed by atoms with van der Waals surface area (Å²) >= 11 is 0. The molecule has 1 atom stereocenters. The van der Waals surface area contributed by atoms with Gasteiger partial charge in [0.2, 0.25) is 0 Å². The molecule has 2 aromatic carbocycles. The summed E-state index contributed by atoms with van der Waals surface area (Å²) in [6.45, 7) is 0. The van der Waals surface area contributed by atoms with Gasteiger partial charge in [0.1, 0.15) is 0 Å². The average Bonchev–Trinajstić information content (AvgIpc) is 2.66. The molecule has 0 aliphatic heterocycles. The molecule has 0 saturated carbocycles. The third kappa shape index (κ3) is 3.36. The first-order valence-corrected chi connectivity index (χ1v) is 8.07. The standard InChI is InChI=1S/C20H17N3O3/c21-17-11-10-15(20(24)13-6-2-1-3-7-13)16(19(17)22)12-14-8-4-5-9-18(14)23(25)26/h1-11,17,22H,12,21H2. The van der Waals surface area contributed by atoms with E-state index in [9.17, 15) is 14.9 Å². The molecule has 0 heterocycles. The van der Waals surface area contributed by atoms with Gasteiger partial charge >= 0.3 is 0 Å². The molecule has 26 heavy (non-hydrogen) atoms. The molecule has 0 spiro atoms. The van der Waals surface area contributed by atoms with Crippen LogP contribution >= 0.6 is 0 Å². The van der Waals surface area contributed by atoms with Crippen molar-refractivity contribution in [2.75, 3.05) is 0 Å². The Balaban J connectivity index is 2.08. The highest BCUT2D eigenvalue weighted by molar-refractivity contribution is 6.18. The van der Waals surface area contributed by atoms with Crippen LogP contribution in [0, 0.1) is 15.5 Å².